The van der Waals surface area contributed by atoms with E-state index in [1.54, 1.807) is 12.4 Å². The van der Waals surface area contributed by atoms with Crippen LogP contribution in [0.1, 0.15) is 29.6 Å². The minimum absolute atomic E-state index is 0.0388. The molecule has 3 N–H and O–H groups in total. The fraction of sp³-hybridized carbons (Fsp3) is 0.240. The third-order valence-electron chi connectivity index (χ3n) is 5.49. The molecule has 8 nitrogen and oxygen atoms in total. The fourth-order valence-electron chi connectivity index (χ4n) is 3.56. The van der Waals surface area contributed by atoms with E-state index in [4.69, 9.17) is 4.74 Å². The Morgan fingerprint density at radius 1 is 1.12 bits per heavy atom. The van der Waals surface area contributed by atoms with Crippen LogP contribution in [-0.4, -0.2) is 44.3 Å². The molecule has 4 aromatic rings. The van der Waals surface area contributed by atoms with Gasteiger partial charge in [-0.3, -0.25) is 9.20 Å². The van der Waals surface area contributed by atoms with E-state index < -0.39 is 6.23 Å². The Hall–Kier alpha value is -3.91. The van der Waals surface area contributed by atoms with Crippen LogP contribution in [0, 0.1) is 0 Å². The molecule has 1 aliphatic rings. The molecule has 8 heteroatoms. The fourth-order valence-corrected chi connectivity index (χ4v) is 3.56. The molecule has 5 rings (SSSR count). The van der Waals surface area contributed by atoms with Crippen molar-refractivity contribution in [1.29, 1.82) is 0 Å². The highest BCUT2D eigenvalue weighted by Crippen LogP contribution is 2.25. The molecule has 0 aliphatic heterocycles. The summed E-state index contributed by atoms with van der Waals surface area (Å²) >= 11 is 0. The normalized spacial score (nSPS) is 14.1. The first-order chi connectivity index (χ1) is 16.2. The first-order valence-electron chi connectivity index (χ1n) is 11.0. The third kappa shape index (κ3) is 4.96. The van der Waals surface area contributed by atoms with Gasteiger partial charge >= 0.3 is 0 Å². The van der Waals surface area contributed by atoms with Gasteiger partial charge in [0.2, 0.25) is 0 Å². The Morgan fingerprint density at radius 2 is 1.91 bits per heavy atom. The second kappa shape index (κ2) is 9.30. The zero-order valence-corrected chi connectivity index (χ0v) is 18.0. The average molecular weight is 444 g/mol. The molecule has 1 unspecified atom stereocenters. The smallest absolute Gasteiger partial charge is 0.251 e. The molecule has 2 heterocycles. The molecule has 33 heavy (non-hydrogen) atoms. The summed E-state index contributed by atoms with van der Waals surface area (Å²) in [6.07, 6.45) is 6.90. The molecule has 2 aromatic carbocycles. The Bertz CT molecular complexity index is 1240. The van der Waals surface area contributed by atoms with E-state index in [9.17, 15) is 9.90 Å². The molecular weight excluding hydrogens is 418 g/mol. The topological polar surface area (TPSA) is 101 Å². The van der Waals surface area contributed by atoms with Crippen LogP contribution in [0.4, 0.5) is 5.82 Å². The van der Waals surface area contributed by atoms with E-state index in [1.807, 2.05) is 65.2 Å². The van der Waals surface area contributed by atoms with Crippen LogP contribution in [-0.2, 0) is 0 Å². The number of anilines is 1. The molecule has 1 atom stereocenters. The number of hydrogen-bond acceptors (Lipinski definition) is 6. The second-order valence-electron chi connectivity index (χ2n) is 8.05. The van der Waals surface area contributed by atoms with E-state index in [0.717, 1.165) is 29.8 Å². The van der Waals surface area contributed by atoms with Crippen molar-refractivity contribution in [1.82, 2.24) is 19.7 Å². The number of nitrogens with one attached hydrogen (secondary N) is 2. The van der Waals surface area contributed by atoms with E-state index in [1.165, 1.54) is 0 Å². The van der Waals surface area contributed by atoms with Gasteiger partial charge in [0.05, 0.1) is 18.5 Å². The first-order valence-corrected chi connectivity index (χ1v) is 11.0. The van der Waals surface area contributed by atoms with Crippen LogP contribution in [0.3, 0.4) is 0 Å². The van der Waals surface area contributed by atoms with Crippen molar-refractivity contribution in [3.63, 3.8) is 0 Å². The molecule has 1 saturated carbocycles. The number of carbonyl (C=O) groups excluding carboxylic acids is 1. The maximum absolute atomic E-state index is 12.2. The number of carbonyl (C=O) groups is 1. The predicted octanol–water partition coefficient (Wildman–Crippen LogP) is 3.49. The summed E-state index contributed by atoms with van der Waals surface area (Å²) in [5.74, 6) is 1.21. The van der Waals surface area contributed by atoms with Crippen molar-refractivity contribution in [3.05, 3.63) is 78.8 Å². The number of para-hydroxylation sites is 1. The number of hydrogen-bond donors (Lipinski definition) is 3. The van der Waals surface area contributed by atoms with Gasteiger partial charge in [-0.2, -0.15) is 0 Å². The summed E-state index contributed by atoms with van der Waals surface area (Å²) in [6, 6.07) is 17.3. The number of benzene rings is 2. The van der Waals surface area contributed by atoms with Gasteiger partial charge in [-0.1, -0.05) is 30.3 Å². The first kappa shape index (κ1) is 21.0. The van der Waals surface area contributed by atoms with Crippen LogP contribution in [0.2, 0.25) is 0 Å². The minimum atomic E-state index is -0.836. The molecule has 0 bridgehead atoms. The maximum Gasteiger partial charge on any atom is 0.251 e. The number of nitrogens with zero attached hydrogens (tertiary/aromatic N) is 3. The Balaban J connectivity index is 1.26. The largest absolute Gasteiger partial charge is 0.493 e. The lowest BCUT2D eigenvalue weighted by molar-refractivity contribution is 0.0951. The lowest BCUT2D eigenvalue weighted by Gasteiger charge is -2.14. The highest BCUT2D eigenvalue weighted by Gasteiger charge is 2.23. The number of aromatic nitrogens is 3. The van der Waals surface area contributed by atoms with Crippen molar-refractivity contribution >= 4 is 17.4 Å². The summed E-state index contributed by atoms with van der Waals surface area (Å²) in [7, 11) is 0. The number of amides is 1. The van der Waals surface area contributed by atoms with Gasteiger partial charge in [0.15, 0.2) is 11.5 Å². The molecule has 1 aliphatic carbocycles. The SMILES string of the molecule is O=C(NC1CC1)c1ccc(-c2cnc3c(NC(O)CCOc4ccccc4)nccn23)cc1. The van der Waals surface area contributed by atoms with Crippen LogP contribution in [0.5, 0.6) is 5.75 Å². The van der Waals surface area contributed by atoms with E-state index >= 15 is 0 Å². The van der Waals surface area contributed by atoms with E-state index in [-0.39, 0.29) is 5.91 Å². The van der Waals surface area contributed by atoms with Crippen LogP contribution in [0.15, 0.2) is 73.2 Å². The number of aliphatic hydroxyl groups is 1. The van der Waals surface area contributed by atoms with Crippen molar-refractivity contribution < 1.29 is 14.6 Å². The quantitative estimate of drug-likeness (QED) is 0.343. The molecule has 2 aromatic heterocycles. The molecule has 0 spiro atoms. The number of ether oxygens (including phenoxy) is 1. The highest BCUT2D eigenvalue weighted by molar-refractivity contribution is 5.95. The van der Waals surface area contributed by atoms with Crippen molar-refractivity contribution in [2.75, 3.05) is 11.9 Å². The van der Waals surface area contributed by atoms with Crippen LogP contribution >= 0.6 is 0 Å². The number of imidazole rings is 1. The number of aliphatic hydroxyl groups excluding tert-OH is 1. The molecule has 1 amide bonds. The van der Waals surface area contributed by atoms with E-state index in [0.29, 0.717) is 36.1 Å². The van der Waals surface area contributed by atoms with E-state index in [2.05, 4.69) is 20.6 Å². The standard InChI is InChI=1S/C25H25N5O3/c31-22(12-15-33-20-4-2-1-3-5-20)29-23-24-27-16-21(30(24)14-13-26-23)17-6-8-18(9-7-17)25(32)28-19-10-11-19/h1-9,13-14,16,19,22,31H,10-12,15H2,(H,26,29)(H,28,32). The zero-order chi connectivity index (χ0) is 22.6. The summed E-state index contributed by atoms with van der Waals surface area (Å²) in [5.41, 5.74) is 3.04. The molecule has 0 saturated heterocycles. The number of rotatable bonds is 9. The van der Waals surface area contributed by atoms with Gasteiger partial charge in [0.1, 0.15) is 12.0 Å². The van der Waals surface area contributed by atoms with Gasteiger partial charge in [-0.25, -0.2) is 9.97 Å². The van der Waals surface area contributed by atoms with Gasteiger partial charge in [-0.15, -0.1) is 0 Å². The lowest BCUT2D eigenvalue weighted by atomic mass is 10.1. The summed E-state index contributed by atoms with van der Waals surface area (Å²) < 4.78 is 7.55. The monoisotopic (exact) mass is 443 g/mol. The maximum atomic E-state index is 12.2. The van der Waals surface area contributed by atoms with Crippen LogP contribution in [0.25, 0.3) is 16.9 Å². The Labute approximate surface area is 191 Å². The molecule has 0 radical (unpaired) electrons. The summed E-state index contributed by atoms with van der Waals surface area (Å²) in [5, 5.41) is 16.4. The lowest BCUT2D eigenvalue weighted by Crippen LogP contribution is -2.25. The molecule has 1 fully saturated rings. The minimum Gasteiger partial charge on any atom is -0.493 e. The predicted molar refractivity (Wildman–Crippen MR) is 125 cm³/mol. The van der Waals surface area contributed by atoms with Gasteiger partial charge < -0.3 is 20.5 Å². The van der Waals surface area contributed by atoms with Gasteiger partial charge in [0, 0.05) is 36.0 Å². The summed E-state index contributed by atoms with van der Waals surface area (Å²) in [6.45, 7) is 0.363. The van der Waals surface area contributed by atoms with Crippen LogP contribution < -0.4 is 15.4 Å². The van der Waals surface area contributed by atoms with Crippen molar-refractivity contribution in [2.24, 2.45) is 0 Å². The summed E-state index contributed by atoms with van der Waals surface area (Å²) in [4.78, 5) is 21.1. The Kier molecular flexibility index (Phi) is 5.91. The van der Waals surface area contributed by atoms with Crippen molar-refractivity contribution in [3.8, 4) is 17.0 Å². The van der Waals surface area contributed by atoms with Gasteiger partial charge in [-0.05, 0) is 37.1 Å². The molecule has 168 valence electrons. The number of fused-ring (bicyclic) bond motifs is 1. The van der Waals surface area contributed by atoms with Gasteiger partial charge in [0.25, 0.3) is 5.91 Å². The second-order valence-corrected chi connectivity index (χ2v) is 8.05. The third-order valence-corrected chi connectivity index (χ3v) is 5.49. The molecular formula is C25H25N5O3. The average Bonchev–Trinajstić information content (AvgIpc) is 3.54. The highest BCUT2D eigenvalue weighted by atomic mass is 16.5. The Morgan fingerprint density at radius 3 is 2.67 bits per heavy atom. The van der Waals surface area contributed by atoms with Crippen molar-refractivity contribution in [2.45, 2.75) is 31.5 Å². The zero-order valence-electron chi connectivity index (χ0n) is 18.0.